The topological polar surface area (TPSA) is 65.2 Å². The highest BCUT2D eigenvalue weighted by Crippen LogP contribution is 2.34. The van der Waals surface area contributed by atoms with Crippen LogP contribution in [0.5, 0.6) is 0 Å². The average Bonchev–Trinajstić information content (AvgIpc) is 3.23. The number of H-pyrrole nitrogens is 1. The molecule has 6 heteroatoms. The Morgan fingerprint density at radius 2 is 1.72 bits per heavy atom. The molecule has 0 aliphatic heterocycles. The van der Waals surface area contributed by atoms with Crippen LogP contribution in [0.1, 0.15) is 123 Å². The Bertz CT molecular complexity index is 964. The number of carbonyl (C=O) groups excluding carboxylic acids is 1. The molecule has 2 aromatic rings. The summed E-state index contributed by atoms with van der Waals surface area (Å²) in [5.41, 5.74) is 4.07. The number of pyridine rings is 1. The third kappa shape index (κ3) is 9.85. The SMILES string of the molecule is CC.CCCCCN(CCC)CCCC(CC)c1scc(C(=O)NCc2c(C)cc(C)[nH]c2=O)c1C. The zero-order chi connectivity index (χ0) is 27.1. The van der Waals surface area contributed by atoms with Crippen molar-refractivity contribution < 1.29 is 4.79 Å². The van der Waals surface area contributed by atoms with Crippen molar-refractivity contribution in [1.82, 2.24) is 15.2 Å². The molecule has 0 fully saturated rings. The Balaban J connectivity index is 0.00000316. The highest BCUT2D eigenvalue weighted by Gasteiger charge is 2.20. The van der Waals surface area contributed by atoms with Crippen molar-refractivity contribution in [3.63, 3.8) is 0 Å². The summed E-state index contributed by atoms with van der Waals surface area (Å²) in [5, 5.41) is 4.95. The van der Waals surface area contributed by atoms with Gasteiger partial charge >= 0.3 is 0 Å². The Hall–Kier alpha value is -1.92. The molecule has 0 saturated carbocycles. The molecule has 0 aliphatic rings. The number of rotatable bonds is 15. The van der Waals surface area contributed by atoms with Crippen LogP contribution in [-0.4, -0.2) is 35.4 Å². The van der Waals surface area contributed by atoms with Crippen molar-refractivity contribution in [1.29, 1.82) is 0 Å². The maximum atomic E-state index is 12.9. The fourth-order valence-electron chi connectivity index (χ4n) is 4.74. The minimum Gasteiger partial charge on any atom is -0.348 e. The lowest BCUT2D eigenvalue weighted by Gasteiger charge is -2.23. The molecule has 0 radical (unpaired) electrons. The predicted molar refractivity (Wildman–Crippen MR) is 157 cm³/mol. The number of nitrogens with one attached hydrogen (secondary N) is 2. The van der Waals surface area contributed by atoms with E-state index in [0.29, 0.717) is 11.5 Å². The van der Waals surface area contributed by atoms with E-state index < -0.39 is 0 Å². The molecule has 2 rings (SSSR count). The monoisotopic (exact) mass is 517 g/mol. The van der Waals surface area contributed by atoms with E-state index >= 15 is 0 Å². The first kappa shape index (κ1) is 32.1. The number of carbonyl (C=O) groups is 1. The zero-order valence-corrected chi connectivity index (χ0v) is 25.0. The largest absolute Gasteiger partial charge is 0.348 e. The summed E-state index contributed by atoms with van der Waals surface area (Å²) in [7, 11) is 0. The summed E-state index contributed by atoms with van der Waals surface area (Å²) in [4.78, 5) is 32.0. The number of amides is 1. The van der Waals surface area contributed by atoms with Gasteiger partial charge in [0.05, 0.1) is 5.56 Å². The quantitative estimate of drug-likeness (QED) is 0.240. The van der Waals surface area contributed by atoms with Crippen molar-refractivity contribution in [2.24, 2.45) is 0 Å². The van der Waals surface area contributed by atoms with Crippen LogP contribution < -0.4 is 10.9 Å². The van der Waals surface area contributed by atoms with E-state index in [-0.39, 0.29) is 18.0 Å². The van der Waals surface area contributed by atoms with Crippen LogP contribution in [-0.2, 0) is 6.54 Å². The van der Waals surface area contributed by atoms with Crippen LogP contribution in [0.2, 0.25) is 0 Å². The Labute approximate surface area is 224 Å². The minimum atomic E-state index is -0.126. The van der Waals surface area contributed by atoms with Crippen LogP contribution in [0.3, 0.4) is 0 Å². The van der Waals surface area contributed by atoms with Crippen molar-refractivity contribution in [2.45, 2.75) is 113 Å². The van der Waals surface area contributed by atoms with Crippen LogP contribution in [0.4, 0.5) is 0 Å². The van der Waals surface area contributed by atoms with E-state index in [2.05, 4.69) is 42.9 Å². The lowest BCUT2D eigenvalue weighted by Crippen LogP contribution is -2.28. The number of aryl methyl sites for hydroxylation is 2. The molecule has 1 unspecified atom stereocenters. The molecular weight excluding hydrogens is 466 g/mol. The van der Waals surface area contributed by atoms with Gasteiger partial charge in [0.1, 0.15) is 0 Å². The van der Waals surface area contributed by atoms with Crippen LogP contribution in [0.25, 0.3) is 0 Å². The first-order chi connectivity index (χ1) is 17.3. The van der Waals surface area contributed by atoms with Crippen molar-refractivity contribution in [2.75, 3.05) is 19.6 Å². The summed E-state index contributed by atoms with van der Waals surface area (Å²) in [5.74, 6) is 0.395. The van der Waals surface area contributed by atoms with Gasteiger partial charge in [0.2, 0.25) is 0 Å². The first-order valence-corrected chi connectivity index (χ1v) is 15.0. The van der Waals surface area contributed by atoms with Crippen LogP contribution in [0, 0.1) is 20.8 Å². The second kappa shape index (κ2) is 17.5. The summed E-state index contributed by atoms with van der Waals surface area (Å²) in [6.07, 6.45) is 8.53. The maximum absolute atomic E-state index is 12.9. The van der Waals surface area contributed by atoms with Gasteiger partial charge in [-0.1, -0.05) is 47.5 Å². The van der Waals surface area contributed by atoms with E-state index in [1.807, 2.05) is 39.1 Å². The zero-order valence-electron chi connectivity index (χ0n) is 24.2. The Morgan fingerprint density at radius 1 is 1.03 bits per heavy atom. The van der Waals surface area contributed by atoms with E-state index in [9.17, 15) is 9.59 Å². The van der Waals surface area contributed by atoms with Gasteiger partial charge in [-0.05, 0) is 95.6 Å². The molecule has 1 amide bonds. The molecule has 36 heavy (non-hydrogen) atoms. The molecule has 1 atom stereocenters. The fourth-order valence-corrected chi connectivity index (χ4v) is 6.03. The van der Waals surface area contributed by atoms with Crippen molar-refractivity contribution >= 4 is 17.2 Å². The number of unbranched alkanes of at least 4 members (excludes halogenated alkanes) is 2. The summed E-state index contributed by atoms with van der Waals surface area (Å²) in [6.45, 7) is 20.4. The molecule has 0 bridgehead atoms. The summed E-state index contributed by atoms with van der Waals surface area (Å²) < 4.78 is 0. The molecule has 2 heterocycles. The highest BCUT2D eigenvalue weighted by atomic mass is 32.1. The lowest BCUT2D eigenvalue weighted by molar-refractivity contribution is 0.0950. The van der Waals surface area contributed by atoms with Gasteiger partial charge in [0.15, 0.2) is 0 Å². The van der Waals surface area contributed by atoms with Gasteiger partial charge < -0.3 is 15.2 Å². The third-order valence-corrected chi connectivity index (χ3v) is 8.00. The number of hydrogen-bond donors (Lipinski definition) is 2. The first-order valence-electron chi connectivity index (χ1n) is 14.1. The molecule has 0 aliphatic carbocycles. The maximum Gasteiger partial charge on any atom is 0.253 e. The molecule has 0 aromatic carbocycles. The highest BCUT2D eigenvalue weighted by molar-refractivity contribution is 7.10. The van der Waals surface area contributed by atoms with Gasteiger partial charge in [0.25, 0.3) is 11.5 Å². The number of aromatic amines is 1. The van der Waals surface area contributed by atoms with Crippen LogP contribution in [0.15, 0.2) is 16.2 Å². The summed E-state index contributed by atoms with van der Waals surface area (Å²) >= 11 is 1.71. The van der Waals surface area contributed by atoms with Gasteiger partial charge in [-0.2, -0.15) is 0 Å². The second-order valence-electron chi connectivity index (χ2n) is 9.56. The number of aromatic nitrogens is 1. The van der Waals surface area contributed by atoms with E-state index in [0.717, 1.165) is 41.8 Å². The normalized spacial score (nSPS) is 11.8. The average molecular weight is 518 g/mol. The third-order valence-electron chi connectivity index (χ3n) is 6.75. The smallest absolute Gasteiger partial charge is 0.253 e. The lowest BCUT2D eigenvalue weighted by atomic mass is 9.94. The van der Waals surface area contributed by atoms with Gasteiger partial charge in [-0.15, -0.1) is 11.3 Å². The van der Waals surface area contributed by atoms with E-state index in [1.54, 1.807) is 11.3 Å². The van der Waals surface area contributed by atoms with E-state index in [1.165, 1.54) is 50.1 Å². The molecule has 0 spiro atoms. The Morgan fingerprint density at radius 3 is 2.33 bits per heavy atom. The standard InChI is InChI=1S/C28H45N3O2S.C2H6/c1-7-10-11-15-31(14-8-2)16-12-13-23(9-3)26-22(6)25(19-34-26)27(32)29-18-24-20(4)17-21(5)30-28(24)33;1-2/h17,19,23H,7-16,18H2,1-6H3,(H,29,32)(H,30,33);1-2H3. The number of hydrogen-bond acceptors (Lipinski definition) is 4. The predicted octanol–water partition coefficient (Wildman–Crippen LogP) is 7.49. The number of thiophene rings is 1. The van der Waals surface area contributed by atoms with Gasteiger partial charge in [-0.3, -0.25) is 9.59 Å². The van der Waals surface area contributed by atoms with Crippen LogP contribution >= 0.6 is 11.3 Å². The Kier molecular flexibility index (Phi) is 15.6. The summed E-state index contributed by atoms with van der Waals surface area (Å²) in [6, 6.07) is 1.94. The fraction of sp³-hybridized carbons (Fsp3) is 0.667. The second-order valence-corrected chi connectivity index (χ2v) is 10.5. The molecule has 2 aromatic heterocycles. The molecular formula is C30H51N3O2S. The minimum absolute atomic E-state index is 0.0979. The van der Waals surface area contributed by atoms with Crippen molar-refractivity contribution in [3.8, 4) is 0 Å². The molecule has 204 valence electrons. The number of nitrogens with zero attached hydrogens (tertiary/aromatic N) is 1. The molecule has 0 saturated heterocycles. The molecule has 5 nitrogen and oxygen atoms in total. The van der Waals surface area contributed by atoms with Gasteiger partial charge in [0, 0.05) is 28.1 Å². The van der Waals surface area contributed by atoms with E-state index in [4.69, 9.17) is 0 Å². The molecule has 2 N–H and O–H groups in total. The van der Waals surface area contributed by atoms with Crippen molar-refractivity contribution in [3.05, 3.63) is 54.6 Å². The van der Waals surface area contributed by atoms with Gasteiger partial charge in [-0.25, -0.2) is 0 Å².